The predicted molar refractivity (Wildman–Crippen MR) is 69.9 cm³/mol. The highest BCUT2D eigenvalue weighted by atomic mass is 16.6. The first-order valence-electron chi connectivity index (χ1n) is 6.07. The van der Waals surface area contributed by atoms with Crippen LogP contribution in [0.25, 0.3) is 0 Å². The summed E-state index contributed by atoms with van der Waals surface area (Å²) in [6, 6.07) is 0. The van der Waals surface area contributed by atoms with Gasteiger partial charge in [-0.15, -0.1) is 0 Å². The second kappa shape index (κ2) is 5.35. The summed E-state index contributed by atoms with van der Waals surface area (Å²) in [6.45, 7) is 3.36. The van der Waals surface area contributed by atoms with E-state index in [0.717, 1.165) is 6.42 Å². The molecule has 104 valence electrons. The van der Waals surface area contributed by atoms with Crippen LogP contribution in [0.2, 0.25) is 0 Å². The predicted octanol–water partition coefficient (Wildman–Crippen LogP) is 0.828. The van der Waals surface area contributed by atoms with Crippen LogP contribution in [0.4, 0.5) is 17.3 Å². The summed E-state index contributed by atoms with van der Waals surface area (Å²) < 4.78 is 5.40. The average molecular weight is 267 g/mol. The van der Waals surface area contributed by atoms with Crippen LogP contribution >= 0.6 is 0 Å². The topological polar surface area (TPSA) is 107 Å². The Hall–Kier alpha value is -1.96. The van der Waals surface area contributed by atoms with Gasteiger partial charge in [0, 0.05) is 20.2 Å². The maximum atomic E-state index is 11.1. The molecule has 1 aromatic rings. The van der Waals surface area contributed by atoms with Crippen molar-refractivity contribution >= 4 is 17.3 Å². The average Bonchev–Trinajstić information content (AvgIpc) is 2.38. The van der Waals surface area contributed by atoms with Crippen molar-refractivity contribution < 1.29 is 9.66 Å². The van der Waals surface area contributed by atoms with E-state index in [1.165, 1.54) is 6.33 Å². The molecule has 1 aromatic heterocycles. The molecule has 1 saturated heterocycles. The van der Waals surface area contributed by atoms with Crippen LogP contribution in [-0.4, -0.2) is 41.2 Å². The lowest BCUT2D eigenvalue weighted by Gasteiger charge is -2.36. The number of hydrogen-bond acceptors (Lipinski definition) is 7. The number of aromatic nitrogens is 2. The number of nitrogens with zero attached hydrogens (tertiary/aromatic N) is 4. The Morgan fingerprint density at radius 1 is 1.58 bits per heavy atom. The minimum absolute atomic E-state index is 0.0320. The van der Waals surface area contributed by atoms with Crippen molar-refractivity contribution in [1.82, 2.24) is 9.97 Å². The Balaban J connectivity index is 2.32. The van der Waals surface area contributed by atoms with Crippen LogP contribution in [0.1, 0.15) is 13.3 Å². The van der Waals surface area contributed by atoms with E-state index in [1.807, 2.05) is 4.90 Å². The summed E-state index contributed by atoms with van der Waals surface area (Å²) in [5.74, 6) is 0.577. The summed E-state index contributed by atoms with van der Waals surface area (Å²) in [5, 5.41) is 11.1. The lowest BCUT2D eigenvalue weighted by molar-refractivity contribution is -0.383. The third kappa shape index (κ3) is 2.58. The van der Waals surface area contributed by atoms with Gasteiger partial charge in [-0.1, -0.05) is 6.92 Å². The fourth-order valence-corrected chi connectivity index (χ4v) is 2.32. The number of anilines is 2. The molecule has 0 amide bonds. The summed E-state index contributed by atoms with van der Waals surface area (Å²) in [4.78, 5) is 20.1. The fourth-order valence-electron chi connectivity index (χ4n) is 2.32. The number of ether oxygens (including phenoxy) is 1. The Morgan fingerprint density at radius 3 is 2.95 bits per heavy atom. The van der Waals surface area contributed by atoms with Crippen LogP contribution in [0, 0.1) is 16.0 Å². The number of rotatable bonds is 3. The SMILES string of the molecule is COC1CN(c2ncnc(N)c2[N+](=O)[O-])CCC1C. The Labute approximate surface area is 110 Å². The van der Waals surface area contributed by atoms with E-state index in [1.54, 1.807) is 7.11 Å². The summed E-state index contributed by atoms with van der Waals surface area (Å²) in [5.41, 5.74) is 5.34. The minimum atomic E-state index is -0.537. The van der Waals surface area contributed by atoms with Crippen molar-refractivity contribution in [3.8, 4) is 0 Å². The molecule has 2 heterocycles. The first-order valence-corrected chi connectivity index (χ1v) is 6.07. The number of nitro groups is 1. The van der Waals surface area contributed by atoms with E-state index in [0.29, 0.717) is 19.0 Å². The monoisotopic (exact) mass is 267 g/mol. The van der Waals surface area contributed by atoms with Gasteiger partial charge in [-0.3, -0.25) is 10.1 Å². The Bertz CT molecular complexity index is 481. The summed E-state index contributed by atoms with van der Waals surface area (Å²) in [7, 11) is 1.65. The molecule has 2 N–H and O–H groups in total. The van der Waals surface area contributed by atoms with Crippen molar-refractivity contribution in [2.24, 2.45) is 5.92 Å². The van der Waals surface area contributed by atoms with Crippen molar-refractivity contribution in [2.75, 3.05) is 30.8 Å². The van der Waals surface area contributed by atoms with Crippen molar-refractivity contribution in [3.63, 3.8) is 0 Å². The van der Waals surface area contributed by atoms with E-state index in [4.69, 9.17) is 10.5 Å². The van der Waals surface area contributed by atoms with Crippen molar-refractivity contribution in [1.29, 1.82) is 0 Å². The van der Waals surface area contributed by atoms with Crippen LogP contribution in [-0.2, 0) is 4.74 Å². The van der Waals surface area contributed by atoms with Gasteiger partial charge in [-0.25, -0.2) is 9.97 Å². The smallest absolute Gasteiger partial charge is 0.353 e. The highest BCUT2D eigenvalue weighted by molar-refractivity contribution is 5.68. The Kier molecular flexibility index (Phi) is 3.79. The molecule has 0 saturated carbocycles. The van der Waals surface area contributed by atoms with Gasteiger partial charge in [-0.05, 0) is 12.3 Å². The molecule has 0 aliphatic carbocycles. The summed E-state index contributed by atoms with van der Waals surface area (Å²) in [6.07, 6.45) is 2.17. The zero-order valence-electron chi connectivity index (χ0n) is 10.9. The number of hydrogen-bond donors (Lipinski definition) is 1. The Morgan fingerprint density at radius 2 is 2.32 bits per heavy atom. The molecule has 0 radical (unpaired) electrons. The number of piperidine rings is 1. The molecule has 2 atom stereocenters. The lowest BCUT2D eigenvalue weighted by atomic mass is 9.96. The highest BCUT2D eigenvalue weighted by Gasteiger charge is 2.32. The zero-order valence-corrected chi connectivity index (χ0v) is 10.9. The lowest BCUT2D eigenvalue weighted by Crippen LogP contribution is -2.44. The van der Waals surface area contributed by atoms with Gasteiger partial charge < -0.3 is 15.4 Å². The summed E-state index contributed by atoms with van der Waals surface area (Å²) >= 11 is 0. The van der Waals surface area contributed by atoms with E-state index >= 15 is 0 Å². The molecule has 1 aliphatic heterocycles. The van der Waals surface area contributed by atoms with E-state index in [-0.39, 0.29) is 23.4 Å². The standard InChI is InChI=1S/C11H17N5O3/c1-7-3-4-15(5-8(7)19-2)11-9(16(17)18)10(12)13-6-14-11/h6-8H,3-5H2,1-2H3,(H2,12,13,14). The van der Waals surface area contributed by atoms with Crippen LogP contribution in [0.3, 0.4) is 0 Å². The third-order valence-corrected chi connectivity index (χ3v) is 3.51. The first kappa shape index (κ1) is 13.5. The van der Waals surface area contributed by atoms with Crippen molar-refractivity contribution in [3.05, 3.63) is 16.4 Å². The molecule has 8 nitrogen and oxygen atoms in total. The minimum Gasteiger partial charge on any atom is -0.379 e. The molecule has 0 bridgehead atoms. The van der Waals surface area contributed by atoms with E-state index in [9.17, 15) is 10.1 Å². The highest BCUT2D eigenvalue weighted by Crippen LogP contribution is 2.32. The van der Waals surface area contributed by atoms with Gasteiger partial charge in [-0.2, -0.15) is 0 Å². The van der Waals surface area contributed by atoms with Gasteiger partial charge in [0.05, 0.1) is 11.0 Å². The quantitative estimate of drug-likeness (QED) is 0.638. The van der Waals surface area contributed by atoms with Crippen LogP contribution in [0.15, 0.2) is 6.33 Å². The molecular formula is C11H17N5O3. The first-order chi connectivity index (χ1) is 9.04. The zero-order chi connectivity index (χ0) is 14.0. The molecule has 8 heteroatoms. The van der Waals surface area contributed by atoms with Crippen LogP contribution < -0.4 is 10.6 Å². The number of methoxy groups -OCH3 is 1. The maximum absolute atomic E-state index is 11.1. The molecule has 0 aromatic carbocycles. The number of nitrogen functional groups attached to an aromatic ring is 1. The maximum Gasteiger partial charge on any atom is 0.353 e. The fraction of sp³-hybridized carbons (Fsp3) is 0.636. The van der Waals surface area contributed by atoms with Gasteiger partial charge in [0.2, 0.25) is 11.6 Å². The largest absolute Gasteiger partial charge is 0.379 e. The molecule has 0 spiro atoms. The second-order valence-electron chi connectivity index (χ2n) is 4.67. The van der Waals surface area contributed by atoms with E-state index < -0.39 is 4.92 Å². The van der Waals surface area contributed by atoms with Crippen LogP contribution in [0.5, 0.6) is 0 Å². The van der Waals surface area contributed by atoms with E-state index in [2.05, 4.69) is 16.9 Å². The molecule has 2 unspecified atom stereocenters. The van der Waals surface area contributed by atoms with Gasteiger partial charge in [0.1, 0.15) is 6.33 Å². The normalized spacial score (nSPS) is 23.4. The van der Waals surface area contributed by atoms with Crippen molar-refractivity contribution in [2.45, 2.75) is 19.4 Å². The molecule has 1 aliphatic rings. The molecular weight excluding hydrogens is 250 g/mol. The van der Waals surface area contributed by atoms with Gasteiger partial charge in [0.15, 0.2) is 0 Å². The third-order valence-electron chi connectivity index (χ3n) is 3.51. The second-order valence-corrected chi connectivity index (χ2v) is 4.67. The van der Waals surface area contributed by atoms with Gasteiger partial charge >= 0.3 is 5.69 Å². The molecule has 19 heavy (non-hydrogen) atoms. The number of nitrogens with two attached hydrogens (primary N) is 1. The van der Waals surface area contributed by atoms with Gasteiger partial charge in [0.25, 0.3) is 0 Å². The molecule has 1 fully saturated rings. The molecule has 2 rings (SSSR count).